The van der Waals surface area contributed by atoms with Gasteiger partial charge in [0.05, 0.1) is 5.54 Å². The van der Waals surface area contributed by atoms with Crippen LogP contribution in [-0.2, 0) is 4.79 Å². The lowest BCUT2D eigenvalue weighted by molar-refractivity contribution is -0.127. The van der Waals surface area contributed by atoms with Crippen LogP contribution in [0.25, 0.3) is 0 Å². The van der Waals surface area contributed by atoms with Crippen molar-refractivity contribution < 1.29 is 9.59 Å². The van der Waals surface area contributed by atoms with Gasteiger partial charge < -0.3 is 0 Å². The summed E-state index contributed by atoms with van der Waals surface area (Å²) >= 11 is 0. The lowest BCUT2D eigenvalue weighted by Crippen LogP contribution is -2.55. The molecule has 4 nitrogen and oxygen atoms in total. The van der Waals surface area contributed by atoms with E-state index in [4.69, 9.17) is 0 Å². The van der Waals surface area contributed by atoms with Gasteiger partial charge in [0.1, 0.15) is 0 Å². The van der Waals surface area contributed by atoms with Gasteiger partial charge in [0.25, 0.3) is 5.91 Å². The van der Waals surface area contributed by atoms with Gasteiger partial charge in [-0.05, 0) is 39.3 Å². The second-order valence-electron chi connectivity index (χ2n) is 6.52. The number of hydrogen-bond donors (Lipinski definition) is 1. The summed E-state index contributed by atoms with van der Waals surface area (Å²) in [6, 6.07) is 9.02. The van der Waals surface area contributed by atoms with E-state index in [0.717, 1.165) is 25.7 Å². The summed E-state index contributed by atoms with van der Waals surface area (Å²) in [7, 11) is 0. The average Bonchev–Trinajstić information content (AvgIpc) is 2.48. The zero-order chi connectivity index (χ0) is 16.6. The van der Waals surface area contributed by atoms with E-state index in [2.05, 4.69) is 12.3 Å². The van der Waals surface area contributed by atoms with Gasteiger partial charge in [-0.3, -0.25) is 15.0 Å². The second kappa shape index (κ2) is 8.57. The summed E-state index contributed by atoms with van der Waals surface area (Å²) in [5, 5.41) is 1.44. The number of benzene rings is 1. The Kier molecular flexibility index (Phi) is 7.09. The molecule has 4 heteroatoms. The van der Waals surface area contributed by atoms with Crippen molar-refractivity contribution in [1.29, 1.82) is 0 Å². The van der Waals surface area contributed by atoms with Crippen LogP contribution in [0.3, 0.4) is 0 Å². The number of rotatable bonds is 6. The van der Waals surface area contributed by atoms with Crippen molar-refractivity contribution in [3.8, 4) is 0 Å². The van der Waals surface area contributed by atoms with Crippen LogP contribution < -0.4 is 5.43 Å². The first-order valence-corrected chi connectivity index (χ1v) is 8.05. The van der Waals surface area contributed by atoms with Crippen molar-refractivity contribution in [3.05, 3.63) is 35.9 Å². The third-order valence-electron chi connectivity index (χ3n) is 3.39. The highest BCUT2D eigenvalue weighted by Crippen LogP contribution is 2.15. The standard InChI is InChI=1S/C18H28N2O2/c1-5-6-7-11-14-16(21)19-20(18(2,3)4)17(22)15-12-9-8-10-13-15/h8-10,12-13H,5-7,11,14H2,1-4H3,(H,19,21). The Bertz CT molecular complexity index is 478. The molecule has 0 radical (unpaired) electrons. The zero-order valence-electron chi connectivity index (χ0n) is 14.2. The molecular weight excluding hydrogens is 276 g/mol. The number of carbonyl (C=O) groups excluding carboxylic acids is 2. The third-order valence-corrected chi connectivity index (χ3v) is 3.39. The van der Waals surface area contributed by atoms with Crippen LogP contribution in [0.5, 0.6) is 0 Å². The molecular formula is C18H28N2O2. The number of carbonyl (C=O) groups is 2. The molecule has 0 saturated carbocycles. The van der Waals surface area contributed by atoms with E-state index in [1.807, 2.05) is 39.0 Å². The number of hydrazine groups is 1. The van der Waals surface area contributed by atoms with E-state index in [-0.39, 0.29) is 11.8 Å². The van der Waals surface area contributed by atoms with E-state index in [1.165, 1.54) is 5.01 Å². The number of nitrogens with zero attached hydrogens (tertiary/aromatic N) is 1. The molecule has 1 aromatic carbocycles. The smallest absolute Gasteiger partial charge is 0.272 e. The summed E-state index contributed by atoms with van der Waals surface area (Å²) in [6.45, 7) is 7.86. The highest BCUT2D eigenvalue weighted by molar-refractivity contribution is 5.95. The van der Waals surface area contributed by atoms with Crippen molar-refractivity contribution in [3.63, 3.8) is 0 Å². The maximum absolute atomic E-state index is 12.6. The molecule has 0 aromatic heterocycles. The van der Waals surface area contributed by atoms with Crippen LogP contribution in [0.1, 0.15) is 70.2 Å². The third kappa shape index (κ3) is 5.88. The average molecular weight is 304 g/mol. The minimum Gasteiger partial charge on any atom is -0.273 e. The van der Waals surface area contributed by atoms with E-state index in [1.54, 1.807) is 12.1 Å². The van der Waals surface area contributed by atoms with Crippen molar-refractivity contribution in [2.45, 2.75) is 65.3 Å². The molecule has 0 aliphatic carbocycles. The Morgan fingerprint density at radius 2 is 1.68 bits per heavy atom. The quantitative estimate of drug-likeness (QED) is 0.639. The molecule has 0 fully saturated rings. The summed E-state index contributed by atoms with van der Waals surface area (Å²) < 4.78 is 0. The van der Waals surface area contributed by atoms with Crippen LogP contribution in [0.15, 0.2) is 30.3 Å². The lowest BCUT2D eigenvalue weighted by Gasteiger charge is -2.35. The molecule has 0 heterocycles. The normalized spacial score (nSPS) is 11.1. The lowest BCUT2D eigenvalue weighted by atomic mass is 10.1. The Hall–Kier alpha value is -1.84. The maximum Gasteiger partial charge on any atom is 0.272 e. The Labute approximate surface area is 133 Å². The molecule has 0 unspecified atom stereocenters. The fraction of sp³-hybridized carbons (Fsp3) is 0.556. The van der Waals surface area contributed by atoms with Crippen molar-refractivity contribution in [2.24, 2.45) is 0 Å². The predicted molar refractivity (Wildman–Crippen MR) is 89.3 cm³/mol. The molecule has 0 saturated heterocycles. The molecule has 1 N–H and O–H groups in total. The molecule has 22 heavy (non-hydrogen) atoms. The van der Waals surface area contributed by atoms with Gasteiger partial charge in [-0.2, -0.15) is 0 Å². The van der Waals surface area contributed by atoms with E-state index >= 15 is 0 Å². The summed E-state index contributed by atoms with van der Waals surface area (Å²) in [4.78, 5) is 24.7. The van der Waals surface area contributed by atoms with E-state index in [9.17, 15) is 9.59 Å². The summed E-state index contributed by atoms with van der Waals surface area (Å²) in [5.74, 6) is -0.287. The first-order chi connectivity index (χ1) is 10.4. The van der Waals surface area contributed by atoms with E-state index < -0.39 is 5.54 Å². The fourth-order valence-corrected chi connectivity index (χ4v) is 2.13. The molecule has 1 aromatic rings. The van der Waals surface area contributed by atoms with Gasteiger partial charge in [0.15, 0.2) is 0 Å². The largest absolute Gasteiger partial charge is 0.273 e. The first-order valence-electron chi connectivity index (χ1n) is 8.05. The Morgan fingerprint density at radius 3 is 2.23 bits per heavy atom. The van der Waals surface area contributed by atoms with Crippen LogP contribution in [-0.4, -0.2) is 22.4 Å². The van der Waals surface area contributed by atoms with Crippen LogP contribution in [0, 0.1) is 0 Å². The van der Waals surface area contributed by atoms with Gasteiger partial charge in [-0.15, -0.1) is 0 Å². The van der Waals surface area contributed by atoms with Gasteiger partial charge in [0.2, 0.25) is 5.91 Å². The van der Waals surface area contributed by atoms with Crippen LogP contribution >= 0.6 is 0 Å². The van der Waals surface area contributed by atoms with Crippen LogP contribution in [0.4, 0.5) is 0 Å². The molecule has 0 bridgehead atoms. The van der Waals surface area contributed by atoms with Gasteiger partial charge in [-0.1, -0.05) is 44.4 Å². The predicted octanol–water partition coefficient (Wildman–Crippen LogP) is 3.93. The first kappa shape index (κ1) is 18.2. The Morgan fingerprint density at radius 1 is 1.05 bits per heavy atom. The number of amides is 2. The van der Waals surface area contributed by atoms with Crippen molar-refractivity contribution in [2.75, 3.05) is 0 Å². The molecule has 1 rings (SSSR count). The van der Waals surface area contributed by atoms with Gasteiger partial charge in [0, 0.05) is 12.0 Å². The van der Waals surface area contributed by atoms with Crippen molar-refractivity contribution >= 4 is 11.8 Å². The molecule has 0 aliphatic heterocycles. The fourth-order valence-electron chi connectivity index (χ4n) is 2.13. The highest BCUT2D eigenvalue weighted by atomic mass is 16.2. The molecule has 122 valence electrons. The number of unbranched alkanes of at least 4 members (excludes halogenated alkanes) is 3. The Balaban J connectivity index is 2.70. The molecule has 0 atom stereocenters. The van der Waals surface area contributed by atoms with Gasteiger partial charge >= 0.3 is 0 Å². The number of hydrogen-bond acceptors (Lipinski definition) is 2. The monoisotopic (exact) mass is 304 g/mol. The number of nitrogens with one attached hydrogen (secondary N) is 1. The summed E-state index contributed by atoms with van der Waals surface area (Å²) in [6.07, 6.45) is 4.64. The minimum atomic E-state index is -0.480. The molecule has 0 spiro atoms. The summed E-state index contributed by atoms with van der Waals surface area (Å²) in [5.41, 5.74) is 2.87. The second-order valence-corrected chi connectivity index (χ2v) is 6.52. The highest BCUT2D eigenvalue weighted by Gasteiger charge is 2.28. The van der Waals surface area contributed by atoms with E-state index in [0.29, 0.717) is 12.0 Å². The molecule has 0 aliphatic rings. The molecule has 2 amide bonds. The van der Waals surface area contributed by atoms with Gasteiger partial charge in [-0.25, -0.2) is 5.01 Å². The topological polar surface area (TPSA) is 49.4 Å². The van der Waals surface area contributed by atoms with Crippen LogP contribution in [0.2, 0.25) is 0 Å². The maximum atomic E-state index is 12.6. The SMILES string of the molecule is CCCCCCC(=O)NN(C(=O)c1ccccc1)C(C)(C)C. The minimum absolute atomic E-state index is 0.102. The zero-order valence-corrected chi connectivity index (χ0v) is 14.2. The van der Waals surface area contributed by atoms with Crippen molar-refractivity contribution in [1.82, 2.24) is 10.4 Å².